The molecule has 1 N–H and O–H groups in total. The first kappa shape index (κ1) is 23.2. The van der Waals surface area contributed by atoms with Crippen molar-refractivity contribution < 1.29 is 27.8 Å². The Morgan fingerprint density at radius 2 is 1.79 bits per heavy atom. The minimum atomic E-state index is -0.175. The van der Waals surface area contributed by atoms with Gasteiger partial charge < -0.3 is 28.4 Å². The molecule has 0 saturated carbocycles. The molecule has 0 aliphatic heterocycles. The normalized spacial score (nSPS) is 10.7. The summed E-state index contributed by atoms with van der Waals surface area (Å²) in [5, 5.41) is 11.5. The number of amides is 1. The first-order chi connectivity index (χ1) is 16.6. The molecule has 0 aliphatic carbocycles. The Hall–Kier alpha value is -3.92. The van der Waals surface area contributed by atoms with Gasteiger partial charge in [-0.2, -0.15) is 0 Å². The van der Waals surface area contributed by atoms with E-state index in [1.54, 1.807) is 51.9 Å². The molecule has 2 aromatic heterocycles. The van der Waals surface area contributed by atoms with E-state index in [9.17, 15) is 4.79 Å². The fourth-order valence-electron chi connectivity index (χ4n) is 3.22. The highest BCUT2D eigenvalue weighted by atomic mass is 32.2. The van der Waals surface area contributed by atoms with Crippen LogP contribution in [0, 0.1) is 0 Å². The van der Waals surface area contributed by atoms with Crippen molar-refractivity contribution in [2.45, 2.75) is 17.5 Å². The molecule has 0 spiro atoms. The SMILES string of the molecule is COc1cc(-c2nnc(SCc3cccc(C(=O)NCc4ccco4)c3)o2)cc(OC)c1OC. The van der Waals surface area contributed by atoms with Crippen LogP contribution in [-0.4, -0.2) is 37.4 Å². The van der Waals surface area contributed by atoms with Crippen LogP contribution >= 0.6 is 11.8 Å². The quantitative estimate of drug-likeness (QED) is 0.326. The van der Waals surface area contributed by atoms with Gasteiger partial charge in [-0.15, -0.1) is 10.2 Å². The number of thioether (sulfide) groups is 1. The second-order valence-corrected chi connectivity index (χ2v) is 7.96. The van der Waals surface area contributed by atoms with Gasteiger partial charge in [0.2, 0.25) is 11.6 Å². The first-order valence-corrected chi connectivity index (χ1v) is 11.3. The zero-order valence-corrected chi connectivity index (χ0v) is 19.7. The topological polar surface area (TPSA) is 109 Å². The summed E-state index contributed by atoms with van der Waals surface area (Å²) in [6, 6.07) is 14.5. The van der Waals surface area contributed by atoms with Crippen LogP contribution in [0.4, 0.5) is 0 Å². The third kappa shape index (κ3) is 5.34. The van der Waals surface area contributed by atoms with E-state index in [1.165, 1.54) is 11.8 Å². The molecule has 9 nitrogen and oxygen atoms in total. The van der Waals surface area contributed by atoms with Crippen LogP contribution in [0.1, 0.15) is 21.7 Å². The Morgan fingerprint density at radius 3 is 2.47 bits per heavy atom. The number of carbonyl (C=O) groups excluding carboxylic acids is 1. The highest BCUT2D eigenvalue weighted by molar-refractivity contribution is 7.98. The minimum Gasteiger partial charge on any atom is -0.493 e. The third-order valence-corrected chi connectivity index (χ3v) is 5.76. The Balaban J connectivity index is 1.41. The van der Waals surface area contributed by atoms with Crippen LogP contribution in [-0.2, 0) is 12.3 Å². The van der Waals surface area contributed by atoms with E-state index in [2.05, 4.69) is 15.5 Å². The van der Waals surface area contributed by atoms with E-state index >= 15 is 0 Å². The fraction of sp³-hybridized carbons (Fsp3) is 0.208. The van der Waals surface area contributed by atoms with Crippen molar-refractivity contribution in [1.82, 2.24) is 15.5 Å². The van der Waals surface area contributed by atoms with Crippen LogP contribution in [0.2, 0.25) is 0 Å². The number of hydrogen-bond acceptors (Lipinski definition) is 9. The monoisotopic (exact) mass is 481 g/mol. The number of ether oxygens (including phenoxy) is 3. The fourth-order valence-corrected chi connectivity index (χ4v) is 3.93. The number of benzene rings is 2. The zero-order chi connectivity index (χ0) is 23.9. The van der Waals surface area contributed by atoms with E-state index in [0.717, 1.165) is 5.56 Å². The number of nitrogens with zero attached hydrogens (tertiary/aromatic N) is 2. The maximum absolute atomic E-state index is 12.4. The second-order valence-electron chi connectivity index (χ2n) is 7.04. The van der Waals surface area contributed by atoms with Gasteiger partial charge in [0.25, 0.3) is 11.1 Å². The van der Waals surface area contributed by atoms with Crippen molar-refractivity contribution in [3.63, 3.8) is 0 Å². The van der Waals surface area contributed by atoms with Crippen molar-refractivity contribution in [1.29, 1.82) is 0 Å². The molecule has 0 unspecified atom stereocenters. The van der Waals surface area contributed by atoms with Crippen LogP contribution < -0.4 is 19.5 Å². The number of hydrogen-bond donors (Lipinski definition) is 1. The molecule has 2 aromatic carbocycles. The largest absolute Gasteiger partial charge is 0.493 e. The van der Waals surface area contributed by atoms with Crippen molar-refractivity contribution in [3.8, 4) is 28.7 Å². The molecule has 4 rings (SSSR count). The van der Waals surface area contributed by atoms with Crippen molar-refractivity contribution in [3.05, 3.63) is 71.7 Å². The molecule has 2 heterocycles. The van der Waals surface area contributed by atoms with Gasteiger partial charge >= 0.3 is 0 Å². The lowest BCUT2D eigenvalue weighted by molar-refractivity contribution is 0.0948. The maximum atomic E-state index is 12.4. The van der Waals surface area contributed by atoms with Gasteiger partial charge in [-0.05, 0) is 42.0 Å². The average Bonchev–Trinajstić information content (AvgIpc) is 3.57. The van der Waals surface area contributed by atoms with Crippen molar-refractivity contribution in [2.24, 2.45) is 0 Å². The van der Waals surface area contributed by atoms with E-state index in [1.807, 2.05) is 24.3 Å². The van der Waals surface area contributed by atoms with Gasteiger partial charge in [0.05, 0.1) is 34.1 Å². The van der Waals surface area contributed by atoms with Gasteiger partial charge in [0.15, 0.2) is 11.5 Å². The van der Waals surface area contributed by atoms with Crippen molar-refractivity contribution in [2.75, 3.05) is 21.3 Å². The standard InChI is InChI=1S/C24H23N3O6S/c1-29-19-11-17(12-20(30-2)21(19)31-3)23-26-27-24(33-23)34-14-15-6-4-7-16(10-15)22(28)25-13-18-8-5-9-32-18/h4-12H,13-14H2,1-3H3,(H,25,28). The van der Waals surface area contributed by atoms with Crippen LogP contribution in [0.3, 0.4) is 0 Å². The molecule has 176 valence electrons. The number of nitrogens with one attached hydrogen (secondary N) is 1. The Morgan fingerprint density at radius 1 is 1.00 bits per heavy atom. The van der Waals surface area contributed by atoms with Crippen LogP contribution in [0.5, 0.6) is 17.2 Å². The Kier molecular flexibility index (Phi) is 7.38. The molecule has 4 aromatic rings. The highest BCUT2D eigenvalue weighted by Crippen LogP contribution is 2.41. The zero-order valence-electron chi connectivity index (χ0n) is 18.9. The molecular formula is C24H23N3O6S. The molecule has 0 aliphatic rings. The van der Waals surface area contributed by atoms with Gasteiger partial charge in [0, 0.05) is 16.9 Å². The van der Waals surface area contributed by atoms with E-state index < -0.39 is 0 Å². The predicted molar refractivity (Wildman–Crippen MR) is 125 cm³/mol. The molecule has 0 saturated heterocycles. The van der Waals surface area contributed by atoms with E-state index in [0.29, 0.717) is 57.5 Å². The lowest BCUT2D eigenvalue weighted by Crippen LogP contribution is -2.22. The summed E-state index contributed by atoms with van der Waals surface area (Å²) in [6.07, 6.45) is 1.57. The third-order valence-electron chi connectivity index (χ3n) is 4.87. The summed E-state index contributed by atoms with van der Waals surface area (Å²) in [4.78, 5) is 12.4. The van der Waals surface area contributed by atoms with Gasteiger partial charge in [-0.25, -0.2) is 0 Å². The van der Waals surface area contributed by atoms with E-state index in [4.69, 9.17) is 23.0 Å². The summed E-state index contributed by atoms with van der Waals surface area (Å²) in [5.41, 5.74) is 2.15. The summed E-state index contributed by atoms with van der Waals surface area (Å²) in [7, 11) is 4.63. The lowest BCUT2D eigenvalue weighted by atomic mass is 10.1. The number of rotatable bonds is 10. The average molecular weight is 482 g/mol. The molecule has 10 heteroatoms. The smallest absolute Gasteiger partial charge is 0.277 e. The van der Waals surface area contributed by atoms with Gasteiger partial charge in [-0.1, -0.05) is 23.9 Å². The maximum Gasteiger partial charge on any atom is 0.277 e. The molecule has 34 heavy (non-hydrogen) atoms. The second kappa shape index (κ2) is 10.8. The summed E-state index contributed by atoms with van der Waals surface area (Å²) < 4.78 is 27.2. The number of aromatic nitrogens is 2. The van der Waals surface area contributed by atoms with Gasteiger partial charge in [0.1, 0.15) is 5.76 Å². The van der Waals surface area contributed by atoms with Gasteiger partial charge in [-0.3, -0.25) is 4.79 Å². The molecule has 0 atom stereocenters. The summed E-state index contributed by atoms with van der Waals surface area (Å²) in [6.45, 7) is 0.330. The number of methoxy groups -OCH3 is 3. The molecule has 0 radical (unpaired) electrons. The lowest BCUT2D eigenvalue weighted by Gasteiger charge is -2.12. The number of carbonyl (C=O) groups is 1. The predicted octanol–water partition coefficient (Wildman–Crippen LogP) is 4.58. The van der Waals surface area contributed by atoms with Crippen molar-refractivity contribution >= 4 is 17.7 Å². The highest BCUT2D eigenvalue weighted by Gasteiger charge is 2.18. The molecule has 0 bridgehead atoms. The van der Waals surface area contributed by atoms with Crippen LogP contribution in [0.25, 0.3) is 11.5 Å². The summed E-state index contributed by atoms with van der Waals surface area (Å²) >= 11 is 1.37. The Labute approximate surface area is 200 Å². The first-order valence-electron chi connectivity index (χ1n) is 10.3. The summed E-state index contributed by atoms with van der Waals surface area (Å²) in [5.74, 6) is 2.86. The number of furan rings is 1. The molecule has 0 fully saturated rings. The van der Waals surface area contributed by atoms with E-state index in [-0.39, 0.29) is 5.91 Å². The molecular weight excluding hydrogens is 458 g/mol. The minimum absolute atomic E-state index is 0.175. The van der Waals surface area contributed by atoms with Crippen LogP contribution in [0.15, 0.2) is 68.9 Å². The molecule has 1 amide bonds. The Bertz CT molecular complexity index is 1230.